The molecule has 0 aliphatic carbocycles. The molecule has 6 heteroatoms. The first kappa shape index (κ1) is 57.1. The SMILES string of the molecule is CC/C=C\C/C=C\C/C=C\C/C=C\C/C=C\CCCCCC(=O)OCC(COC(=O)CCCCCCCC)OC(=O)CCCCCCCCCCCCCCCCCCC. The lowest BCUT2D eigenvalue weighted by atomic mass is 10.0. The predicted octanol–water partition coefficient (Wildman–Crippen LogP) is 16.5. The summed E-state index contributed by atoms with van der Waals surface area (Å²) in [5.41, 5.74) is 0. The monoisotopic (exact) mass is 839 g/mol. The van der Waals surface area contributed by atoms with Gasteiger partial charge in [-0.2, -0.15) is 0 Å². The first-order valence-corrected chi connectivity index (χ1v) is 25.3. The molecule has 0 fully saturated rings. The van der Waals surface area contributed by atoms with Crippen molar-refractivity contribution < 1.29 is 28.6 Å². The van der Waals surface area contributed by atoms with E-state index in [1.54, 1.807) is 0 Å². The number of allylic oxidation sites excluding steroid dienone is 10. The minimum absolute atomic E-state index is 0.0834. The van der Waals surface area contributed by atoms with E-state index < -0.39 is 6.10 Å². The van der Waals surface area contributed by atoms with Crippen LogP contribution in [0.15, 0.2) is 60.8 Å². The van der Waals surface area contributed by atoms with Crippen LogP contribution in [0.3, 0.4) is 0 Å². The quantitative estimate of drug-likeness (QED) is 0.0263. The van der Waals surface area contributed by atoms with Gasteiger partial charge in [0.05, 0.1) is 0 Å². The summed E-state index contributed by atoms with van der Waals surface area (Å²) in [6.45, 7) is 6.45. The number of esters is 3. The van der Waals surface area contributed by atoms with Crippen LogP contribution in [0.25, 0.3) is 0 Å². The van der Waals surface area contributed by atoms with E-state index in [4.69, 9.17) is 14.2 Å². The summed E-state index contributed by atoms with van der Waals surface area (Å²) in [7, 11) is 0. The minimum Gasteiger partial charge on any atom is -0.462 e. The maximum atomic E-state index is 12.7. The summed E-state index contributed by atoms with van der Waals surface area (Å²) in [4.78, 5) is 37.7. The highest BCUT2D eigenvalue weighted by Crippen LogP contribution is 2.15. The number of hydrogen-bond acceptors (Lipinski definition) is 6. The Morgan fingerprint density at radius 3 is 1.02 bits per heavy atom. The van der Waals surface area contributed by atoms with E-state index in [1.807, 2.05) is 0 Å². The molecule has 0 bridgehead atoms. The van der Waals surface area contributed by atoms with Crippen molar-refractivity contribution >= 4 is 17.9 Å². The second-order valence-corrected chi connectivity index (χ2v) is 16.7. The second-order valence-electron chi connectivity index (χ2n) is 16.7. The fourth-order valence-corrected chi connectivity index (χ4v) is 7.00. The molecule has 0 aliphatic heterocycles. The van der Waals surface area contributed by atoms with Crippen molar-refractivity contribution in [2.24, 2.45) is 0 Å². The molecule has 0 amide bonds. The van der Waals surface area contributed by atoms with Crippen LogP contribution in [-0.2, 0) is 28.6 Å². The Kier molecular flexibility index (Phi) is 46.4. The van der Waals surface area contributed by atoms with Gasteiger partial charge in [-0.05, 0) is 64.2 Å². The van der Waals surface area contributed by atoms with Crippen LogP contribution in [0.5, 0.6) is 0 Å². The first-order chi connectivity index (χ1) is 29.5. The van der Waals surface area contributed by atoms with Gasteiger partial charge < -0.3 is 14.2 Å². The largest absolute Gasteiger partial charge is 0.462 e. The van der Waals surface area contributed by atoms with Crippen LogP contribution < -0.4 is 0 Å². The fourth-order valence-electron chi connectivity index (χ4n) is 7.00. The van der Waals surface area contributed by atoms with E-state index >= 15 is 0 Å². The van der Waals surface area contributed by atoms with E-state index in [0.717, 1.165) is 96.3 Å². The molecule has 0 aromatic heterocycles. The first-order valence-electron chi connectivity index (χ1n) is 25.3. The van der Waals surface area contributed by atoms with Crippen molar-refractivity contribution in [1.82, 2.24) is 0 Å². The molecular formula is C54H94O6. The van der Waals surface area contributed by atoms with Crippen molar-refractivity contribution in [1.29, 1.82) is 0 Å². The molecule has 1 atom stereocenters. The molecule has 346 valence electrons. The Labute approximate surface area is 370 Å². The number of hydrogen-bond donors (Lipinski definition) is 0. The highest BCUT2D eigenvalue weighted by molar-refractivity contribution is 5.71. The van der Waals surface area contributed by atoms with Crippen LogP contribution >= 0.6 is 0 Å². The third-order valence-electron chi connectivity index (χ3n) is 10.8. The van der Waals surface area contributed by atoms with Crippen LogP contribution in [0, 0.1) is 0 Å². The van der Waals surface area contributed by atoms with Crippen LogP contribution in [0.1, 0.15) is 245 Å². The Bertz CT molecular complexity index is 1100. The Morgan fingerprint density at radius 2 is 0.650 bits per heavy atom. The molecule has 1 unspecified atom stereocenters. The van der Waals surface area contributed by atoms with Crippen molar-refractivity contribution in [3.8, 4) is 0 Å². The standard InChI is InChI=1S/C54H94O6/c1-4-7-10-13-16-18-20-22-24-26-27-29-30-32-34-36-38-41-44-47-53(56)59-50-51(49-58-52(55)46-43-40-15-12-9-6-3)60-54(57)48-45-42-39-37-35-33-31-28-25-23-21-19-17-14-11-8-5-2/h7,10,16,18,22,24,27,29,32,34,51H,4-6,8-9,11-15,17,19-21,23,25-26,28,30-31,33,35-50H2,1-3H3/b10-7-,18-16-,24-22-,29-27-,34-32-. The molecule has 0 heterocycles. The molecule has 0 aliphatic rings. The van der Waals surface area contributed by atoms with Gasteiger partial charge in [0, 0.05) is 19.3 Å². The fraction of sp³-hybridized carbons (Fsp3) is 0.759. The van der Waals surface area contributed by atoms with Gasteiger partial charge in [-0.15, -0.1) is 0 Å². The Balaban J connectivity index is 4.27. The minimum atomic E-state index is -0.781. The number of carbonyl (C=O) groups is 3. The number of unbranched alkanes of at least 4 members (excludes halogenated alkanes) is 24. The zero-order valence-electron chi connectivity index (χ0n) is 39.5. The number of carbonyl (C=O) groups excluding carboxylic acids is 3. The summed E-state index contributed by atoms with van der Waals surface area (Å²) in [5.74, 6) is -0.921. The maximum Gasteiger partial charge on any atom is 0.306 e. The van der Waals surface area contributed by atoms with Crippen LogP contribution in [-0.4, -0.2) is 37.2 Å². The third-order valence-corrected chi connectivity index (χ3v) is 10.8. The summed E-state index contributed by atoms with van der Waals surface area (Å²) in [6, 6.07) is 0. The van der Waals surface area contributed by atoms with Gasteiger partial charge in [-0.25, -0.2) is 0 Å². The zero-order valence-corrected chi connectivity index (χ0v) is 39.5. The molecular weight excluding hydrogens is 745 g/mol. The van der Waals surface area contributed by atoms with Crippen LogP contribution in [0.4, 0.5) is 0 Å². The lowest BCUT2D eigenvalue weighted by molar-refractivity contribution is -0.167. The lowest BCUT2D eigenvalue weighted by Crippen LogP contribution is -2.30. The molecule has 6 nitrogen and oxygen atoms in total. The topological polar surface area (TPSA) is 78.9 Å². The smallest absolute Gasteiger partial charge is 0.306 e. The molecule has 0 N–H and O–H groups in total. The van der Waals surface area contributed by atoms with Crippen molar-refractivity contribution in [2.45, 2.75) is 252 Å². The second kappa shape index (κ2) is 48.8. The summed E-state index contributed by atoms with van der Waals surface area (Å²) >= 11 is 0. The normalized spacial score (nSPS) is 12.5. The van der Waals surface area contributed by atoms with Gasteiger partial charge in [-0.1, -0.05) is 223 Å². The van der Waals surface area contributed by atoms with E-state index in [9.17, 15) is 14.4 Å². The van der Waals surface area contributed by atoms with Crippen molar-refractivity contribution in [2.75, 3.05) is 13.2 Å². The maximum absolute atomic E-state index is 12.7. The van der Waals surface area contributed by atoms with Gasteiger partial charge in [0.2, 0.25) is 0 Å². The number of rotatable bonds is 45. The summed E-state index contributed by atoms with van der Waals surface area (Å²) in [6.07, 6.45) is 59.4. The van der Waals surface area contributed by atoms with Crippen molar-refractivity contribution in [3.05, 3.63) is 60.8 Å². The number of ether oxygens (including phenoxy) is 3. The molecule has 0 rings (SSSR count). The van der Waals surface area contributed by atoms with Gasteiger partial charge in [0.25, 0.3) is 0 Å². The van der Waals surface area contributed by atoms with Gasteiger partial charge in [0.1, 0.15) is 13.2 Å². The zero-order chi connectivity index (χ0) is 43.7. The van der Waals surface area contributed by atoms with E-state index in [0.29, 0.717) is 19.3 Å². The van der Waals surface area contributed by atoms with Gasteiger partial charge >= 0.3 is 17.9 Å². The molecule has 0 aromatic rings. The Hall–Kier alpha value is -2.89. The van der Waals surface area contributed by atoms with E-state index in [1.165, 1.54) is 109 Å². The highest BCUT2D eigenvalue weighted by atomic mass is 16.6. The molecule has 60 heavy (non-hydrogen) atoms. The summed E-state index contributed by atoms with van der Waals surface area (Å²) < 4.78 is 16.7. The Morgan fingerprint density at radius 1 is 0.350 bits per heavy atom. The molecule has 0 radical (unpaired) electrons. The van der Waals surface area contributed by atoms with E-state index in [2.05, 4.69) is 81.5 Å². The average molecular weight is 839 g/mol. The van der Waals surface area contributed by atoms with Gasteiger partial charge in [0.15, 0.2) is 6.10 Å². The summed E-state index contributed by atoms with van der Waals surface area (Å²) in [5, 5.41) is 0. The highest BCUT2D eigenvalue weighted by Gasteiger charge is 2.19. The average Bonchev–Trinajstić information content (AvgIpc) is 3.24. The van der Waals surface area contributed by atoms with Crippen LogP contribution in [0.2, 0.25) is 0 Å². The van der Waals surface area contributed by atoms with Crippen molar-refractivity contribution in [3.63, 3.8) is 0 Å². The molecule has 0 saturated carbocycles. The molecule has 0 saturated heterocycles. The van der Waals surface area contributed by atoms with E-state index in [-0.39, 0.29) is 31.1 Å². The molecule has 0 spiro atoms. The lowest BCUT2D eigenvalue weighted by Gasteiger charge is -2.18. The predicted molar refractivity (Wildman–Crippen MR) is 256 cm³/mol. The van der Waals surface area contributed by atoms with Gasteiger partial charge in [-0.3, -0.25) is 14.4 Å². The molecule has 0 aromatic carbocycles. The third kappa shape index (κ3) is 46.2.